The highest BCUT2D eigenvalue weighted by atomic mass is 16.5. The molecule has 1 aliphatic carbocycles. The van der Waals surface area contributed by atoms with Crippen molar-refractivity contribution >= 4 is 5.91 Å². The van der Waals surface area contributed by atoms with Gasteiger partial charge in [0.25, 0.3) is 0 Å². The smallest absolute Gasteiger partial charge is 0.222 e. The topological polar surface area (TPSA) is 55.6 Å². The van der Waals surface area contributed by atoms with Crippen molar-refractivity contribution in [2.45, 2.75) is 31.7 Å². The number of hydrogen-bond acceptors (Lipinski definition) is 3. The third-order valence-corrected chi connectivity index (χ3v) is 3.54. The Bertz CT molecular complexity index is 457. The zero-order valence-corrected chi connectivity index (χ0v) is 11.7. The second-order valence-electron chi connectivity index (χ2n) is 5.25. The molecule has 1 atom stereocenters. The summed E-state index contributed by atoms with van der Waals surface area (Å²) in [5.41, 5.74) is 8.54. The predicted molar refractivity (Wildman–Crippen MR) is 75.1 cm³/mol. The number of hydrogen-bond donors (Lipinski definition) is 1. The summed E-state index contributed by atoms with van der Waals surface area (Å²) in [5, 5.41) is 0. The van der Waals surface area contributed by atoms with Crippen LogP contribution in [0.4, 0.5) is 0 Å². The number of carbonyl (C=O) groups excluding carboxylic acids is 1. The van der Waals surface area contributed by atoms with E-state index in [-0.39, 0.29) is 11.9 Å². The van der Waals surface area contributed by atoms with Gasteiger partial charge in [-0.05, 0) is 42.5 Å². The fourth-order valence-corrected chi connectivity index (χ4v) is 2.35. The predicted octanol–water partition coefficient (Wildman–Crippen LogP) is 1.88. The van der Waals surface area contributed by atoms with Crippen LogP contribution in [0.1, 0.15) is 36.4 Å². The van der Waals surface area contributed by atoms with E-state index in [2.05, 4.69) is 12.1 Å². The van der Waals surface area contributed by atoms with Gasteiger partial charge in [0.2, 0.25) is 5.91 Å². The Morgan fingerprint density at radius 1 is 1.47 bits per heavy atom. The lowest BCUT2D eigenvalue weighted by molar-refractivity contribution is -0.128. The second kappa shape index (κ2) is 6.06. The van der Waals surface area contributed by atoms with E-state index < -0.39 is 0 Å². The molecule has 0 saturated carbocycles. The molecular formula is C15H22N2O2. The summed E-state index contributed by atoms with van der Waals surface area (Å²) in [6.45, 7) is 0.574. The highest BCUT2D eigenvalue weighted by Gasteiger charge is 2.18. The Kier molecular flexibility index (Phi) is 4.43. The van der Waals surface area contributed by atoms with Crippen LogP contribution in [0.25, 0.3) is 0 Å². The van der Waals surface area contributed by atoms with Crippen molar-refractivity contribution in [1.29, 1.82) is 0 Å². The standard InChI is InChI=1S/C15H22N2O2/c1-17(2)15(18)4-3-9-19-12-6-7-13-11(10-12)5-8-14(13)16/h6-7,10,14H,3-5,8-9,16H2,1-2H3/t14-/m0/s1. The Morgan fingerprint density at radius 3 is 3.00 bits per heavy atom. The first-order chi connectivity index (χ1) is 9.08. The molecule has 0 heterocycles. The highest BCUT2D eigenvalue weighted by Crippen LogP contribution is 2.31. The third-order valence-electron chi connectivity index (χ3n) is 3.54. The van der Waals surface area contributed by atoms with Crippen LogP contribution in [-0.2, 0) is 11.2 Å². The molecule has 0 aliphatic heterocycles. The lowest BCUT2D eigenvalue weighted by Gasteiger charge is -2.11. The molecule has 0 saturated heterocycles. The first-order valence-corrected chi connectivity index (χ1v) is 6.79. The van der Waals surface area contributed by atoms with Crippen LogP contribution >= 0.6 is 0 Å². The maximum absolute atomic E-state index is 11.4. The molecule has 19 heavy (non-hydrogen) atoms. The summed E-state index contributed by atoms with van der Waals surface area (Å²) >= 11 is 0. The lowest BCUT2D eigenvalue weighted by atomic mass is 10.1. The van der Waals surface area contributed by atoms with E-state index in [0.717, 1.165) is 25.0 Å². The second-order valence-corrected chi connectivity index (χ2v) is 5.25. The molecular weight excluding hydrogens is 240 g/mol. The molecule has 0 aromatic heterocycles. The van der Waals surface area contributed by atoms with Gasteiger partial charge in [-0.2, -0.15) is 0 Å². The SMILES string of the molecule is CN(C)C(=O)CCCOc1ccc2c(c1)CC[C@@H]2N. The van der Waals surface area contributed by atoms with Crippen LogP contribution in [0.3, 0.4) is 0 Å². The number of ether oxygens (including phenoxy) is 1. The van der Waals surface area contributed by atoms with Gasteiger partial charge in [0.15, 0.2) is 0 Å². The van der Waals surface area contributed by atoms with E-state index in [1.54, 1.807) is 19.0 Å². The first-order valence-electron chi connectivity index (χ1n) is 6.79. The Balaban J connectivity index is 1.80. The number of carbonyl (C=O) groups is 1. The zero-order valence-electron chi connectivity index (χ0n) is 11.7. The van der Waals surface area contributed by atoms with Crippen molar-refractivity contribution in [3.63, 3.8) is 0 Å². The van der Waals surface area contributed by atoms with Crippen molar-refractivity contribution in [2.75, 3.05) is 20.7 Å². The van der Waals surface area contributed by atoms with Gasteiger partial charge in [-0.1, -0.05) is 6.07 Å². The van der Waals surface area contributed by atoms with Crippen LogP contribution in [0, 0.1) is 0 Å². The zero-order chi connectivity index (χ0) is 13.8. The van der Waals surface area contributed by atoms with E-state index in [1.165, 1.54) is 11.1 Å². The molecule has 0 fully saturated rings. The Morgan fingerprint density at radius 2 is 2.26 bits per heavy atom. The highest BCUT2D eigenvalue weighted by molar-refractivity contribution is 5.75. The van der Waals surface area contributed by atoms with Crippen molar-refractivity contribution in [2.24, 2.45) is 5.73 Å². The van der Waals surface area contributed by atoms with Gasteiger partial charge in [0.1, 0.15) is 5.75 Å². The number of nitrogens with two attached hydrogens (primary N) is 1. The summed E-state index contributed by atoms with van der Waals surface area (Å²) < 4.78 is 5.69. The number of aryl methyl sites for hydroxylation is 1. The molecule has 0 spiro atoms. The molecule has 104 valence electrons. The molecule has 0 bridgehead atoms. The minimum atomic E-state index is 0.142. The maximum atomic E-state index is 11.4. The summed E-state index contributed by atoms with van der Waals surface area (Å²) in [7, 11) is 3.54. The molecule has 1 aromatic rings. The van der Waals surface area contributed by atoms with Gasteiger partial charge < -0.3 is 15.4 Å². The quantitative estimate of drug-likeness (QED) is 0.824. The van der Waals surface area contributed by atoms with Gasteiger partial charge in [-0.3, -0.25) is 4.79 Å². The van der Waals surface area contributed by atoms with E-state index in [0.29, 0.717) is 13.0 Å². The van der Waals surface area contributed by atoms with Crippen LogP contribution in [0.15, 0.2) is 18.2 Å². The fourth-order valence-electron chi connectivity index (χ4n) is 2.35. The minimum absolute atomic E-state index is 0.142. The van der Waals surface area contributed by atoms with Crippen LogP contribution in [0.2, 0.25) is 0 Å². The number of nitrogens with zero attached hydrogens (tertiary/aromatic N) is 1. The normalized spacial score (nSPS) is 17.1. The van der Waals surface area contributed by atoms with Gasteiger partial charge >= 0.3 is 0 Å². The Labute approximate surface area is 114 Å². The lowest BCUT2D eigenvalue weighted by Crippen LogP contribution is -2.21. The van der Waals surface area contributed by atoms with E-state index in [9.17, 15) is 4.79 Å². The summed E-state index contributed by atoms with van der Waals surface area (Å²) in [6.07, 6.45) is 3.33. The van der Waals surface area contributed by atoms with E-state index in [1.807, 2.05) is 6.07 Å². The molecule has 0 radical (unpaired) electrons. The molecule has 1 amide bonds. The number of fused-ring (bicyclic) bond motifs is 1. The molecule has 2 N–H and O–H groups in total. The third kappa shape index (κ3) is 3.47. The average molecular weight is 262 g/mol. The minimum Gasteiger partial charge on any atom is -0.494 e. The molecule has 1 aromatic carbocycles. The van der Waals surface area contributed by atoms with Crippen molar-refractivity contribution in [1.82, 2.24) is 4.90 Å². The maximum Gasteiger partial charge on any atom is 0.222 e. The van der Waals surface area contributed by atoms with Crippen LogP contribution in [0.5, 0.6) is 5.75 Å². The number of rotatable bonds is 5. The van der Waals surface area contributed by atoms with Gasteiger partial charge in [0.05, 0.1) is 6.61 Å². The summed E-state index contributed by atoms with van der Waals surface area (Å²) in [4.78, 5) is 13.0. The molecule has 4 heteroatoms. The van der Waals surface area contributed by atoms with Crippen molar-refractivity contribution < 1.29 is 9.53 Å². The van der Waals surface area contributed by atoms with Crippen molar-refractivity contribution in [3.05, 3.63) is 29.3 Å². The largest absolute Gasteiger partial charge is 0.494 e. The summed E-state index contributed by atoms with van der Waals surface area (Å²) in [5.74, 6) is 1.02. The van der Waals surface area contributed by atoms with Gasteiger partial charge in [-0.15, -0.1) is 0 Å². The molecule has 2 rings (SSSR count). The average Bonchev–Trinajstić information content (AvgIpc) is 2.75. The first kappa shape index (κ1) is 13.9. The van der Waals surface area contributed by atoms with E-state index >= 15 is 0 Å². The monoisotopic (exact) mass is 262 g/mol. The molecule has 4 nitrogen and oxygen atoms in total. The van der Waals surface area contributed by atoms with Gasteiger partial charge in [0, 0.05) is 26.6 Å². The number of amides is 1. The fraction of sp³-hybridized carbons (Fsp3) is 0.533. The molecule has 0 unspecified atom stereocenters. The Hall–Kier alpha value is -1.55. The molecule has 1 aliphatic rings. The number of benzene rings is 1. The summed E-state index contributed by atoms with van der Waals surface area (Å²) in [6, 6.07) is 6.29. The van der Waals surface area contributed by atoms with Crippen molar-refractivity contribution in [3.8, 4) is 5.75 Å². The van der Waals surface area contributed by atoms with E-state index in [4.69, 9.17) is 10.5 Å². The van der Waals surface area contributed by atoms with Crippen LogP contribution < -0.4 is 10.5 Å². The van der Waals surface area contributed by atoms with Gasteiger partial charge in [-0.25, -0.2) is 0 Å². The van der Waals surface area contributed by atoms with Crippen LogP contribution in [-0.4, -0.2) is 31.5 Å².